The van der Waals surface area contributed by atoms with Gasteiger partial charge in [-0.3, -0.25) is 0 Å². The third kappa shape index (κ3) is 2.21. The van der Waals surface area contributed by atoms with Crippen LogP contribution < -0.4 is 0 Å². The van der Waals surface area contributed by atoms with Crippen LogP contribution in [0.3, 0.4) is 0 Å². The first-order chi connectivity index (χ1) is 14.2. The molecule has 0 aliphatic carbocycles. The highest BCUT2D eigenvalue weighted by Gasteiger charge is 2.19. The molecule has 0 N–H and O–H groups in total. The van der Waals surface area contributed by atoms with Crippen molar-refractivity contribution in [3.05, 3.63) is 84.4 Å². The fourth-order valence-corrected chi connectivity index (χ4v) is 5.48. The summed E-state index contributed by atoms with van der Waals surface area (Å²) in [6, 6.07) is 28.9. The minimum Gasteiger partial charge on any atom is -0.343 e. The zero-order valence-electron chi connectivity index (χ0n) is 16.4. The van der Waals surface area contributed by atoms with Gasteiger partial charge in [0, 0.05) is 38.9 Å². The highest BCUT2D eigenvalue weighted by Crippen LogP contribution is 2.45. The highest BCUT2D eigenvalue weighted by molar-refractivity contribution is 9.09. The van der Waals surface area contributed by atoms with Gasteiger partial charge in [0.1, 0.15) is 0 Å². The molecule has 29 heavy (non-hydrogen) atoms. The van der Waals surface area contributed by atoms with Crippen LogP contribution in [0.5, 0.6) is 0 Å². The summed E-state index contributed by atoms with van der Waals surface area (Å²) in [6.07, 6.45) is 0. The van der Waals surface area contributed by atoms with Crippen LogP contribution in [-0.4, -0.2) is 4.57 Å². The van der Waals surface area contributed by atoms with Crippen LogP contribution in [0.25, 0.3) is 54.1 Å². The van der Waals surface area contributed by atoms with Gasteiger partial charge in [-0.1, -0.05) is 82.7 Å². The third-order valence-electron chi connectivity index (χ3n) is 6.33. The van der Waals surface area contributed by atoms with Crippen LogP contribution in [-0.2, 0) is 7.05 Å². The van der Waals surface area contributed by atoms with Gasteiger partial charge in [-0.15, -0.1) is 0 Å². The Bertz CT molecular complexity index is 1590. The lowest BCUT2D eigenvalue weighted by molar-refractivity contribution is 1.02. The van der Waals surface area contributed by atoms with E-state index in [1.54, 1.807) is 0 Å². The minimum atomic E-state index is 0.291. The number of aromatic nitrogens is 1. The van der Waals surface area contributed by atoms with Crippen molar-refractivity contribution in [1.82, 2.24) is 4.57 Å². The second kappa shape index (κ2) is 6.08. The molecule has 0 aliphatic heterocycles. The highest BCUT2D eigenvalue weighted by atomic mass is 79.9. The van der Waals surface area contributed by atoms with Gasteiger partial charge in [0.05, 0.1) is 5.52 Å². The van der Waals surface area contributed by atoms with E-state index in [0.717, 1.165) is 0 Å². The fraction of sp³-hybridized carbons (Fsp3) is 0.111. The number of hydrogen-bond acceptors (Lipinski definition) is 0. The van der Waals surface area contributed by atoms with Crippen LogP contribution in [0.2, 0.25) is 0 Å². The number of rotatable bonds is 1. The Hall–Kier alpha value is -2.84. The fourth-order valence-electron chi connectivity index (χ4n) is 5.10. The molecular weight excluding hydrogens is 418 g/mol. The summed E-state index contributed by atoms with van der Waals surface area (Å²) in [6.45, 7) is 2.21. The lowest BCUT2D eigenvalue weighted by Gasteiger charge is -2.16. The van der Waals surface area contributed by atoms with Crippen LogP contribution in [0, 0.1) is 0 Å². The lowest BCUT2D eigenvalue weighted by Crippen LogP contribution is -1.92. The molecule has 6 rings (SSSR count). The number of halogens is 1. The second-order valence-corrected chi connectivity index (χ2v) is 9.27. The van der Waals surface area contributed by atoms with Crippen LogP contribution >= 0.6 is 15.9 Å². The van der Waals surface area contributed by atoms with Crippen molar-refractivity contribution in [3.8, 4) is 0 Å². The largest absolute Gasteiger partial charge is 0.343 e. The Kier molecular flexibility index (Phi) is 3.57. The molecule has 0 radical (unpaired) electrons. The summed E-state index contributed by atoms with van der Waals surface area (Å²) in [7, 11) is 2.19. The van der Waals surface area contributed by atoms with Crippen molar-refractivity contribution in [2.45, 2.75) is 11.8 Å². The van der Waals surface area contributed by atoms with E-state index >= 15 is 0 Å². The van der Waals surface area contributed by atoms with E-state index in [4.69, 9.17) is 0 Å². The smallest absolute Gasteiger partial charge is 0.0575 e. The van der Waals surface area contributed by atoms with Gasteiger partial charge in [-0.2, -0.15) is 0 Å². The monoisotopic (exact) mass is 437 g/mol. The topological polar surface area (TPSA) is 4.93 Å². The third-order valence-corrected chi connectivity index (χ3v) is 6.83. The van der Waals surface area contributed by atoms with Crippen molar-refractivity contribution < 1.29 is 0 Å². The van der Waals surface area contributed by atoms with E-state index < -0.39 is 0 Å². The number of alkyl halides is 1. The summed E-state index contributed by atoms with van der Waals surface area (Å²) in [5.41, 5.74) is 3.94. The zero-order chi connectivity index (χ0) is 19.7. The molecule has 0 saturated carbocycles. The first-order valence-electron chi connectivity index (χ1n) is 10.0. The number of para-hydroxylation sites is 1. The molecule has 0 amide bonds. The normalized spacial score (nSPS) is 13.2. The molecule has 140 valence electrons. The number of fused-ring (bicyclic) bond motifs is 10. The van der Waals surface area contributed by atoms with E-state index in [9.17, 15) is 0 Å². The zero-order valence-corrected chi connectivity index (χ0v) is 18.0. The Morgan fingerprint density at radius 2 is 1.24 bits per heavy atom. The van der Waals surface area contributed by atoms with E-state index in [2.05, 4.69) is 113 Å². The SMILES string of the molecule is CC(Br)c1cc2c3ccccc3c3c(c4ccccc4n3C)c2c2ccccc12. The van der Waals surface area contributed by atoms with E-state index in [-0.39, 0.29) is 0 Å². The Morgan fingerprint density at radius 1 is 0.655 bits per heavy atom. The Labute approximate surface area is 177 Å². The summed E-state index contributed by atoms with van der Waals surface area (Å²) in [5.74, 6) is 0. The summed E-state index contributed by atoms with van der Waals surface area (Å²) in [4.78, 5) is 0.291. The maximum atomic E-state index is 3.84. The number of benzene rings is 5. The average Bonchev–Trinajstić information content (AvgIpc) is 3.06. The predicted octanol–water partition coefficient (Wildman–Crippen LogP) is 8.25. The molecule has 1 atom stereocenters. The summed E-state index contributed by atoms with van der Waals surface area (Å²) >= 11 is 3.84. The molecular formula is C27H20BrN. The molecule has 1 nitrogen and oxygen atoms in total. The Balaban J connectivity index is 2.07. The molecule has 1 heterocycles. The van der Waals surface area contributed by atoms with Crippen molar-refractivity contribution in [2.24, 2.45) is 7.05 Å². The van der Waals surface area contributed by atoms with Crippen molar-refractivity contribution in [1.29, 1.82) is 0 Å². The molecule has 0 spiro atoms. The first-order valence-corrected chi connectivity index (χ1v) is 11.0. The molecule has 5 aromatic carbocycles. The lowest BCUT2D eigenvalue weighted by atomic mass is 9.90. The van der Waals surface area contributed by atoms with Gasteiger partial charge < -0.3 is 4.57 Å². The molecule has 6 aromatic rings. The molecule has 1 aromatic heterocycles. The number of nitrogens with zero attached hydrogens (tertiary/aromatic N) is 1. The van der Waals surface area contributed by atoms with Gasteiger partial charge in [0.15, 0.2) is 0 Å². The second-order valence-electron chi connectivity index (χ2n) is 7.90. The first kappa shape index (κ1) is 17.1. The van der Waals surface area contributed by atoms with Crippen LogP contribution in [0.4, 0.5) is 0 Å². The van der Waals surface area contributed by atoms with Crippen molar-refractivity contribution in [3.63, 3.8) is 0 Å². The number of hydrogen-bond donors (Lipinski definition) is 0. The van der Waals surface area contributed by atoms with Crippen LogP contribution in [0.15, 0.2) is 78.9 Å². The maximum Gasteiger partial charge on any atom is 0.0575 e. The van der Waals surface area contributed by atoms with Gasteiger partial charge in [0.25, 0.3) is 0 Å². The molecule has 1 unspecified atom stereocenters. The molecule has 0 saturated heterocycles. The number of aryl methyl sites for hydroxylation is 1. The van der Waals surface area contributed by atoms with Gasteiger partial charge in [-0.25, -0.2) is 0 Å². The molecule has 2 heteroatoms. The van der Waals surface area contributed by atoms with Crippen LogP contribution in [0.1, 0.15) is 17.3 Å². The predicted molar refractivity (Wildman–Crippen MR) is 130 cm³/mol. The molecule has 0 fully saturated rings. The maximum absolute atomic E-state index is 3.84. The van der Waals surface area contributed by atoms with Gasteiger partial charge in [-0.05, 0) is 46.2 Å². The van der Waals surface area contributed by atoms with Crippen molar-refractivity contribution in [2.75, 3.05) is 0 Å². The Morgan fingerprint density at radius 3 is 1.97 bits per heavy atom. The quantitative estimate of drug-likeness (QED) is 0.180. The van der Waals surface area contributed by atoms with E-state index in [1.165, 1.54) is 59.7 Å². The molecule has 0 aliphatic rings. The van der Waals surface area contributed by atoms with E-state index in [1.807, 2.05) is 0 Å². The van der Waals surface area contributed by atoms with Gasteiger partial charge in [0.2, 0.25) is 0 Å². The van der Waals surface area contributed by atoms with Gasteiger partial charge >= 0.3 is 0 Å². The van der Waals surface area contributed by atoms with E-state index in [0.29, 0.717) is 4.83 Å². The summed E-state index contributed by atoms with van der Waals surface area (Å²) < 4.78 is 2.36. The standard InChI is InChI=1S/C27H20BrN/c1-16(28)22-15-23-18-10-4-6-12-20(18)27-26(21-13-7-8-14-24(21)29(27)2)25(23)19-11-5-3-9-17(19)22/h3-16H,1-2H3. The summed E-state index contributed by atoms with van der Waals surface area (Å²) in [5, 5.41) is 10.7. The van der Waals surface area contributed by atoms with Crippen molar-refractivity contribution >= 4 is 70.1 Å². The minimum absolute atomic E-state index is 0.291. The average molecular weight is 438 g/mol. The molecule has 0 bridgehead atoms.